The molecule has 0 radical (unpaired) electrons. The lowest BCUT2D eigenvalue weighted by molar-refractivity contribution is 0.0689. The number of hydrogen-bond donors (Lipinski definition) is 3. The molecule has 0 saturated heterocycles. The minimum atomic E-state index is -0.972. The number of aromatic nitrogens is 4. The Bertz CT molecular complexity index is 901. The van der Waals surface area contributed by atoms with Crippen molar-refractivity contribution in [2.75, 3.05) is 5.32 Å². The number of hydrogen-bond acceptors (Lipinski definition) is 6. The van der Waals surface area contributed by atoms with Crippen LogP contribution in [0, 0.1) is 6.92 Å². The molecule has 3 aromatic heterocycles. The van der Waals surface area contributed by atoms with Crippen LogP contribution in [0.3, 0.4) is 0 Å². The molecule has 1 atom stereocenters. The van der Waals surface area contributed by atoms with Crippen LogP contribution in [0.15, 0.2) is 11.7 Å². The highest BCUT2D eigenvalue weighted by molar-refractivity contribution is 7.17. The summed E-state index contributed by atoms with van der Waals surface area (Å²) in [5, 5.41) is 22.6. The molecule has 7 nitrogen and oxygen atoms in total. The minimum Gasteiger partial charge on any atom is -0.476 e. The fourth-order valence-corrected chi connectivity index (χ4v) is 4.02. The maximum atomic E-state index is 11.1. The van der Waals surface area contributed by atoms with E-state index in [0.29, 0.717) is 12.8 Å². The molecule has 0 bridgehead atoms. The molecule has 0 amide bonds. The SMILES string of the molecule is Cc1csc2ncnc(NC3CCc4c(C(=O)O)n[nH]c4C3)c12. The van der Waals surface area contributed by atoms with Gasteiger partial charge in [0.25, 0.3) is 0 Å². The number of fused-ring (bicyclic) bond motifs is 2. The Balaban J connectivity index is 1.60. The standard InChI is InChI=1S/C15H15N5O2S/c1-7-5-23-14-11(7)13(16-6-17-14)18-8-2-3-9-10(4-8)19-20-12(9)15(21)22/h5-6,8H,2-4H2,1H3,(H,19,20)(H,21,22)(H,16,17,18). The van der Waals surface area contributed by atoms with Gasteiger partial charge in [0.15, 0.2) is 5.69 Å². The molecule has 4 rings (SSSR count). The Morgan fingerprint density at radius 2 is 2.35 bits per heavy atom. The highest BCUT2D eigenvalue weighted by atomic mass is 32.1. The van der Waals surface area contributed by atoms with E-state index in [2.05, 4.69) is 37.8 Å². The highest BCUT2D eigenvalue weighted by Gasteiger charge is 2.26. The average Bonchev–Trinajstić information content (AvgIpc) is 3.12. The smallest absolute Gasteiger partial charge is 0.356 e. The van der Waals surface area contributed by atoms with Crippen molar-refractivity contribution in [3.8, 4) is 0 Å². The monoisotopic (exact) mass is 329 g/mol. The first kappa shape index (κ1) is 14.1. The predicted octanol–water partition coefficient (Wildman–Crippen LogP) is 2.39. The van der Waals surface area contributed by atoms with Crippen molar-refractivity contribution in [3.63, 3.8) is 0 Å². The molecule has 118 valence electrons. The molecule has 1 aliphatic carbocycles. The van der Waals surface area contributed by atoms with Gasteiger partial charge < -0.3 is 10.4 Å². The third-order valence-electron chi connectivity index (χ3n) is 4.24. The van der Waals surface area contributed by atoms with Crippen LogP contribution in [0.1, 0.15) is 33.7 Å². The fourth-order valence-electron chi connectivity index (χ4n) is 3.13. The van der Waals surface area contributed by atoms with Crippen LogP contribution in [0.2, 0.25) is 0 Å². The number of H-pyrrole nitrogens is 1. The lowest BCUT2D eigenvalue weighted by Crippen LogP contribution is -2.28. The van der Waals surface area contributed by atoms with Gasteiger partial charge in [0.1, 0.15) is 17.0 Å². The summed E-state index contributed by atoms with van der Waals surface area (Å²) in [4.78, 5) is 20.8. The van der Waals surface area contributed by atoms with E-state index in [1.54, 1.807) is 17.7 Å². The summed E-state index contributed by atoms with van der Waals surface area (Å²) < 4.78 is 0. The highest BCUT2D eigenvalue weighted by Crippen LogP contribution is 2.30. The quantitative estimate of drug-likeness (QED) is 0.681. The first-order chi connectivity index (χ1) is 11.1. The molecule has 3 aromatic rings. The number of aromatic amines is 1. The Morgan fingerprint density at radius 3 is 3.17 bits per heavy atom. The van der Waals surface area contributed by atoms with Gasteiger partial charge in [0.2, 0.25) is 0 Å². The summed E-state index contributed by atoms with van der Waals surface area (Å²) in [7, 11) is 0. The van der Waals surface area contributed by atoms with Crippen molar-refractivity contribution in [3.05, 3.63) is 34.2 Å². The van der Waals surface area contributed by atoms with Gasteiger partial charge in [-0.05, 0) is 30.7 Å². The Morgan fingerprint density at radius 1 is 1.48 bits per heavy atom. The summed E-state index contributed by atoms with van der Waals surface area (Å²) in [5.74, 6) is -0.125. The number of carboxylic acid groups (broad SMARTS) is 1. The predicted molar refractivity (Wildman–Crippen MR) is 87.1 cm³/mol. The topological polar surface area (TPSA) is 104 Å². The summed E-state index contributed by atoms with van der Waals surface area (Å²) in [6.07, 6.45) is 3.83. The van der Waals surface area contributed by atoms with Crippen LogP contribution >= 0.6 is 11.3 Å². The summed E-state index contributed by atoms with van der Waals surface area (Å²) in [5.41, 5.74) is 3.05. The number of thiophene rings is 1. The molecule has 0 aromatic carbocycles. The molecule has 8 heteroatoms. The van der Waals surface area contributed by atoms with E-state index in [9.17, 15) is 4.79 Å². The second-order valence-electron chi connectivity index (χ2n) is 5.74. The van der Waals surface area contributed by atoms with Crippen molar-refractivity contribution < 1.29 is 9.90 Å². The van der Waals surface area contributed by atoms with Crippen LogP contribution in [0.25, 0.3) is 10.2 Å². The average molecular weight is 329 g/mol. The van der Waals surface area contributed by atoms with E-state index in [1.807, 2.05) is 0 Å². The number of aromatic carboxylic acids is 1. The molecule has 23 heavy (non-hydrogen) atoms. The van der Waals surface area contributed by atoms with Gasteiger partial charge in [0.05, 0.1) is 5.39 Å². The van der Waals surface area contributed by atoms with Crippen molar-refractivity contribution in [2.45, 2.75) is 32.2 Å². The number of nitrogens with one attached hydrogen (secondary N) is 2. The molecule has 0 spiro atoms. The molecule has 3 heterocycles. The number of anilines is 1. The molecule has 0 saturated carbocycles. The van der Waals surface area contributed by atoms with Gasteiger partial charge >= 0.3 is 5.97 Å². The normalized spacial score (nSPS) is 17.2. The van der Waals surface area contributed by atoms with Gasteiger partial charge in [-0.25, -0.2) is 14.8 Å². The van der Waals surface area contributed by atoms with E-state index in [-0.39, 0.29) is 11.7 Å². The number of carboxylic acids is 1. The number of nitrogens with zero attached hydrogens (tertiary/aromatic N) is 3. The van der Waals surface area contributed by atoms with Gasteiger partial charge in [-0.3, -0.25) is 5.10 Å². The van der Waals surface area contributed by atoms with Crippen LogP contribution in [0.4, 0.5) is 5.82 Å². The second-order valence-corrected chi connectivity index (χ2v) is 6.60. The summed E-state index contributed by atoms with van der Waals surface area (Å²) >= 11 is 1.61. The zero-order chi connectivity index (χ0) is 16.0. The zero-order valence-corrected chi connectivity index (χ0v) is 13.3. The Hall–Kier alpha value is -2.48. The molecular weight excluding hydrogens is 314 g/mol. The first-order valence-electron chi connectivity index (χ1n) is 7.38. The molecular formula is C15H15N5O2S. The molecule has 1 unspecified atom stereocenters. The van der Waals surface area contributed by atoms with Gasteiger partial charge in [0, 0.05) is 23.7 Å². The maximum absolute atomic E-state index is 11.1. The third kappa shape index (κ3) is 2.35. The van der Waals surface area contributed by atoms with Crippen molar-refractivity contribution >= 4 is 33.3 Å². The van der Waals surface area contributed by atoms with E-state index in [4.69, 9.17) is 5.11 Å². The second kappa shape index (κ2) is 5.31. The molecule has 0 fully saturated rings. The van der Waals surface area contributed by atoms with E-state index < -0.39 is 5.97 Å². The van der Waals surface area contributed by atoms with Crippen LogP contribution in [-0.4, -0.2) is 37.3 Å². The summed E-state index contributed by atoms with van der Waals surface area (Å²) in [6.45, 7) is 2.06. The third-order valence-corrected chi connectivity index (χ3v) is 5.25. The van der Waals surface area contributed by atoms with Crippen LogP contribution in [0.5, 0.6) is 0 Å². The first-order valence-corrected chi connectivity index (χ1v) is 8.26. The van der Waals surface area contributed by atoms with E-state index in [1.165, 1.54) is 5.56 Å². The van der Waals surface area contributed by atoms with Crippen LogP contribution < -0.4 is 5.32 Å². The largest absolute Gasteiger partial charge is 0.476 e. The van der Waals surface area contributed by atoms with Crippen molar-refractivity contribution in [1.82, 2.24) is 20.2 Å². The Kier molecular flexibility index (Phi) is 3.26. The number of rotatable bonds is 3. The van der Waals surface area contributed by atoms with Crippen molar-refractivity contribution in [2.24, 2.45) is 0 Å². The Labute approximate surface area is 135 Å². The summed E-state index contributed by atoms with van der Waals surface area (Å²) in [6, 6.07) is 0.196. The van der Waals surface area contributed by atoms with Gasteiger partial charge in [-0.2, -0.15) is 5.10 Å². The minimum absolute atomic E-state index is 0.150. The number of aryl methyl sites for hydroxylation is 1. The zero-order valence-electron chi connectivity index (χ0n) is 12.5. The maximum Gasteiger partial charge on any atom is 0.356 e. The lowest BCUT2D eigenvalue weighted by Gasteiger charge is -2.24. The number of carbonyl (C=O) groups is 1. The molecule has 3 N–H and O–H groups in total. The van der Waals surface area contributed by atoms with E-state index in [0.717, 1.165) is 33.7 Å². The van der Waals surface area contributed by atoms with E-state index >= 15 is 0 Å². The van der Waals surface area contributed by atoms with Crippen LogP contribution in [-0.2, 0) is 12.8 Å². The lowest BCUT2D eigenvalue weighted by atomic mass is 9.91. The van der Waals surface area contributed by atoms with Gasteiger partial charge in [-0.1, -0.05) is 0 Å². The fraction of sp³-hybridized carbons (Fsp3) is 0.333. The molecule has 1 aliphatic rings. The van der Waals surface area contributed by atoms with Gasteiger partial charge in [-0.15, -0.1) is 11.3 Å². The van der Waals surface area contributed by atoms with Crippen molar-refractivity contribution in [1.29, 1.82) is 0 Å². The molecule has 0 aliphatic heterocycles.